The largest absolute Gasteiger partial charge is 0.444 e. The number of hydrogen-bond donors (Lipinski definition) is 0. The van der Waals surface area contributed by atoms with Crippen LogP contribution in [0.4, 0.5) is 0 Å². The molecule has 0 radical (unpaired) electrons. The van der Waals surface area contributed by atoms with Crippen molar-refractivity contribution in [3.8, 4) is 11.5 Å². The molecule has 0 saturated heterocycles. The Hall–Kier alpha value is -1.82. The average Bonchev–Trinajstić information content (AvgIpc) is 2.99. The van der Waals surface area contributed by atoms with Crippen LogP contribution < -0.4 is 0 Å². The van der Waals surface area contributed by atoms with Gasteiger partial charge in [0.25, 0.3) is 0 Å². The van der Waals surface area contributed by atoms with Crippen molar-refractivity contribution in [2.24, 2.45) is 0 Å². The second-order valence-electron chi connectivity index (χ2n) is 5.29. The van der Waals surface area contributed by atoms with E-state index in [1.54, 1.807) is 18.2 Å². The highest BCUT2D eigenvalue weighted by Gasteiger charge is 2.17. The van der Waals surface area contributed by atoms with Gasteiger partial charge in [-0.15, -0.1) is 0 Å². The number of aromatic nitrogens is 1. The molecule has 1 heterocycles. The van der Waals surface area contributed by atoms with Crippen molar-refractivity contribution in [2.45, 2.75) is 11.5 Å². The molecule has 0 atom stereocenters. The minimum Gasteiger partial charge on any atom is -0.444 e. The summed E-state index contributed by atoms with van der Waals surface area (Å²) in [6, 6.07) is 14.1. The lowest BCUT2D eigenvalue weighted by Gasteiger charge is -2.04. The fraction of sp³-hybridized carbons (Fsp3) is 0.118. The number of nitrogens with zero attached hydrogens (tertiary/aromatic N) is 1. The van der Waals surface area contributed by atoms with Crippen molar-refractivity contribution in [2.75, 3.05) is 0 Å². The Morgan fingerprint density at radius 1 is 0.958 bits per heavy atom. The third kappa shape index (κ3) is 4.17. The maximum atomic E-state index is 12.4. The Bertz CT molecular complexity index is 953. The fourth-order valence-corrected chi connectivity index (χ4v) is 3.94. The van der Waals surface area contributed by atoms with Gasteiger partial charge in [0, 0.05) is 5.56 Å². The van der Waals surface area contributed by atoms with E-state index in [0.29, 0.717) is 27.2 Å². The van der Waals surface area contributed by atoms with Gasteiger partial charge in [-0.3, -0.25) is 0 Å². The van der Waals surface area contributed by atoms with Gasteiger partial charge in [0.05, 0.1) is 27.2 Å². The van der Waals surface area contributed by atoms with Crippen LogP contribution >= 0.6 is 23.2 Å². The van der Waals surface area contributed by atoms with Crippen LogP contribution in [0.1, 0.15) is 11.3 Å². The van der Waals surface area contributed by atoms with Gasteiger partial charge in [-0.2, -0.15) is 0 Å². The summed E-state index contributed by atoms with van der Waals surface area (Å²) in [5, 5.41) is 0.721. The molecule has 0 fully saturated rings. The minimum absolute atomic E-state index is 0.141. The Balaban J connectivity index is 1.75. The summed E-state index contributed by atoms with van der Waals surface area (Å²) in [5.41, 5.74) is 1.75. The summed E-state index contributed by atoms with van der Waals surface area (Å²) < 4.78 is 30.1. The van der Waals surface area contributed by atoms with Gasteiger partial charge >= 0.3 is 0 Å². The molecule has 3 rings (SSSR count). The minimum atomic E-state index is -3.41. The second-order valence-corrected chi connectivity index (χ2v) is 8.17. The monoisotopic (exact) mass is 381 g/mol. The molecule has 3 aromatic rings. The van der Waals surface area contributed by atoms with Gasteiger partial charge in [0.2, 0.25) is 5.89 Å². The van der Waals surface area contributed by atoms with Crippen LogP contribution in [0.5, 0.6) is 0 Å². The first-order valence-corrected chi connectivity index (χ1v) is 9.65. The molecule has 7 heteroatoms. The van der Waals surface area contributed by atoms with Crippen molar-refractivity contribution in [1.29, 1.82) is 0 Å². The molecule has 0 N–H and O–H groups in total. The third-order valence-electron chi connectivity index (χ3n) is 3.31. The molecule has 0 spiro atoms. The van der Waals surface area contributed by atoms with Gasteiger partial charge < -0.3 is 4.42 Å². The molecule has 0 saturated carbocycles. The van der Waals surface area contributed by atoms with E-state index in [0.717, 1.165) is 5.56 Å². The summed E-state index contributed by atoms with van der Waals surface area (Å²) in [6.45, 7) is 0. The van der Waals surface area contributed by atoms with E-state index in [1.165, 1.54) is 6.26 Å². The summed E-state index contributed by atoms with van der Waals surface area (Å²) in [4.78, 5) is 4.25. The lowest BCUT2D eigenvalue weighted by molar-refractivity contribution is 0.571. The van der Waals surface area contributed by atoms with Crippen molar-refractivity contribution >= 4 is 33.0 Å². The van der Waals surface area contributed by atoms with Crippen molar-refractivity contribution in [3.63, 3.8) is 0 Å². The van der Waals surface area contributed by atoms with Gasteiger partial charge in [0.1, 0.15) is 6.26 Å². The van der Waals surface area contributed by atoms with Crippen LogP contribution in [-0.4, -0.2) is 13.4 Å². The number of benzene rings is 2. The SMILES string of the molecule is O=S(=O)(Cc1ccc(Cl)c(Cl)c1)Cc1coc(-c2ccccc2)n1. The summed E-state index contributed by atoms with van der Waals surface area (Å²) in [7, 11) is -3.41. The lowest BCUT2D eigenvalue weighted by Crippen LogP contribution is -2.08. The normalized spacial score (nSPS) is 11.6. The Kier molecular flexibility index (Phi) is 4.94. The van der Waals surface area contributed by atoms with Gasteiger partial charge in [-0.25, -0.2) is 13.4 Å². The molecule has 124 valence electrons. The smallest absolute Gasteiger partial charge is 0.226 e. The van der Waals surface area contributed by atoms with Crippen LogP contribution in [0.15, 0.2) is 59.2 Å². The molecule has 2 aromatic carbocycles. The topological polar surface area (TPSA) is 60.2 Å². The van der Waals surface area contributed by atoms with Crippen molar-refractivity contribution < 1.29 is 12.8 Å². The van der Waals surface area contributed by atoms with Crippen molar-refractivity contribution in [1.82, 2.24) is 4.98 Å². The highest BCUT2D eigenvalue weighted by Crippen LogP contribution is 2.24. The third-order valence-corrected chi connectivity index (χ3v) is 5.56. The number of oxazole rings is 1. The van der Waals surface area contributed by atoms with Crippen LogP contribution in [0.2, 0.25) is 10.0 Å². The van der Waals surface area contributed by atoms with Crippen LogP contribution in [-0.2, 0) is 21.3 Å². The van der Waals surface area contributed by atoms with E-state index in [4.69, 9.17) is 27.6 Å². The molecular formula is C17H13Cl2NO3S. The first kappa shape index (κ1) is 17.0. The molecule has 0 bridgehead atoms. The lowest BCUT2D eigenvalue weighted by atomic mass is 10.2. The second kappa shape index (κ2) is 6.97. The van der Waals surface area contributed by atoms with E-state index in [2.05, 4.69) is 4.98 Å². The first-order chi connectivity index (χ1) is 11.4. The highest BCUT2D eigenvalue weighted by molar-refractivity contribution is 7.89. The van der Waals surface area contributed by atoms with E-state index in [9.17, 15) is 8.42 Å². The number of hydrogen-bond acceptors (Lipinski definition) is 4. The van der Waals surface area contributed by atoms with Gasteiger partial charge in [-0.05, 0) is 29.8 Å². The maximum absolute atomic E-state index is 12.4. The molecule has 0 unspecified atom stereocenters. The molecular weight excluding hydrogens is 369 g/mol. The highest BCUT2D eigenvalue weighted by atomic mass is 35.5. The molecule has 0 aliphatic rings. The van der Waals surface area contributed by atoms with E-state index >= 15 is 0 Å². The Morgan fingerprint density at radius 3 is 2.42 bits per heavy atom. The number of halogens is 2. The quantitative estimate of drug-likeness (QED) is 0.638. The molecule has 4 nitrogen and oxygen atoms in total. The van der Waals surface area contributed by atoms with Crippen LogP contribution in [0.25, 0.3) is 11.5 Å². The molecule has 0 aliphatic heterocycles. The fourth-order valence-electron chi connectivity index (χ4n) is 2.25. The zero-order valence-electron chi connectivity index (χ0n) is 12.4. The molecule has 0 aliphatic carbocycles. The van der Waals surface area contributed by atoms with Gasteiger partial charge in [-0.1, -0.05) is 47.5 Å². The predicted octanol–water partition coefficient (Wildman–Crippen LogP) is 4.76. The maximum Gasteiger partial charge on any atom is 0.226 e. The van der Waals surface area contributed by atoms with E-state index in [1.807, 2.05) is 30.3 Å². The molecule has 24 heavy (non-hydrogen) atoms. The standard InChI is InChI=1S/C17H13Cl2NO3S/c18-15-7-6-12(8-16(15)19)10-24(21,22)11-14-9-23-17(20-14)13-4-2-1-3-5-13/h1-9H,10-11H2. The zero-order valence-corrected chi connectivity index (χ0v) is 14.8. The summed E-state index contributed by atoms with van der Waals surface area (Å²) in [5.74, 6) is 0.0522. The number of sulfone groups is 1. The number of rotatable bonds is 5. The van der Waals surface area contributed by atoms with Crippen LogP contribution in [0.3, 0.4) is 0 Å². The Labute approximate surface area is 150 Å². The van der Waals surface area contributed by atoms with Crippen molar-refractivity contribution in [3.05, 3.63) is 76.1 Å². The predicted molar refractivity (Wildman–Crippen MR) is 94.7 cm³/mol. The van der Waals surface area contributed by atoms with Gasteiger partial charge in [0.15, 0.2) is 9.84 Å². The molecule has 0 amide bonds. The van der Waals surface area contributed by atoms with E-state index in [-0.39, 0.29) is 11.5 Å². The Morgan fingerprint density at radius 2 is 1.71 bits per heavy atom. The molecule has 1 aromatic heterocycles. The summed E-state index contributed by atoms with van der Waals surface area (Å²) in [6.07, 6.45) is 1.37. The van der Waals surface area contributed by atoms with Crippen LogP contribution in [0, 0.1) is 0 Å². The first-order valence-electron chi connectivity index (χ1n) is 7.07. The zero-order chi connectivity index (χ0) is 17.2. The summed E-state index contributed by atoms with van der Waals surface area (Å²) >= 11 is 11.8. The van der Waals surface area contributed by atoms with E-state index < -0.39 is 9.84 Å². The average molecular weight is 382 g/mol.